The van der Waals surface area contributed by atoms with Crippen molar-refractivity contribution >= 4 is 17.7 Å². The highest BCUT2D eigenvalue weighted by Crippen LogP contribution is 2.20. The number of nitrogens with one attached hydrogen (secondary N) is 2. The van der Waals surface area contributed by atoms with Gasteiger partial charge in [0.15, 0.2) is 0 Å². The Bertz CT molecular complexity index is 761. The van der Waals surface area contributed by atoms with E-state index >= 15 is 0 Å². The van der Waals surface area contributed by atoms with E-state index in [1.54, 1.807) is 18.2 Å². The largest absolute Gasteiger partial charge is 0.352 e. The minimum Gasteiger partial charge on any atom is -0.352 e. The highest BCUT2D eigenvalue weighted by atomic mass is 32.2. The maximum absolute atomic E-state index is 12.8. The van der Waals surface area contributed by atoms with Crippen LogP contribution in [-0.2, 0) is 17.6 Å². The number of nitrogens with zero attached hydrogens (tertiary/aromatic N) is 1. The third-order valence-corrected chi connectivity index (χ3v) is 4.73. The van der Waals surface area contributed by atoms with Crippen molar-refractivity contribution < 1.29 is 9.18 Å². The molecule has 3 rings (SSSR count). The lowest BCUT2D eigenvalue weighted by atomic mass is 9.92. The van der Waals surface area contributed by atoms with E-state index in [1.165, 1.54) is 23.9 Å². The van der Waals surface area contributed by atoms with Gasteiger partial charge >= 0.3 is 0 Å². The van der Waals surface area contributed by atoms with Crippen molar-refractivity contribution in [1.29, 1.82) is 0 Å². The van der Waals surface area contributed by atoms with Crippen LogP contribution in [0.3, 0.4) is 0 Å². The van der Waals surface area contributed by atoms with Crippen LogP contribution in [0.4, 0.5) is 4.39 Å². The van der Waals surface area contributed by atoms with Gasteiger partial charge in [-0.05, 0) is 49.1 Å². The fourth-order valence-corrected chi connectivity index (χ4v) is 3.32. The van der Waals surface area contributed by atoms with Crippen molar-refractivity contribution in [3.05, 3.63) is 57.8 Å². The number of halogens is 1. The van der Waals surface area contributed by atoms with Crippen LogP contribution in [-0.4, -0.2) is 27.9 Å². The molecule has 1 heterocycles. The van der Waals surface area contributed by atoms with Crippen molar-refractivity contribution in [2.24, 2.45) is 0 Å². The van der Waals surface area contributed by atoms with Gasteiger partial charge in [0.1, 0.15) is 5.82 Å². The summed E-state index contributed by atoms with van der Waals surface area (Å²) in [4.78, 5) is 24.2. The topological polar surface area (TPSA) is 74.8 Å². The second-order valence-corrected chi connectivity index (χ2v) is 6.50. The van der Waals surface area contributed by atoms with Crippen LogP contribution in [0.2, 0.25) is 0 Å². The number of benzene rings is 1. The van der Waals surface area contributed by atoms with Gasteiger partial charge in [0.25, 0.3) is 5.56 Å². The maximum atomic E-state index is 12.8. The van der Waals surface area contributed by atoms with Gasteiger partial charge in [-0.3, -0.25) is 9.59 Å². The molecule has 2 N–H and O–H groups in total. The van der Waals surface area contributed by atoms with Crippen LogP contribution in [0.15, 0.2) is 40.0 Å². The number of hydrogen-bond acceptors (Lipinski definition) is 4. The molecule has 0 saturated heterocycles. The second kappa shape index (κ2) is 6.95. The van der Waals surface area contributed by atoms with E-state index in [4.69, 9.17) is 0 Å². The summed E-state index contributed by atoms with van der Waals surface area (Å²) in [5, 5.41) is 9.45. The van der Waals surface area contributed by atoms with E-state index in [0.29, 0.717) is 6.42 Å². The third kappa shape index (κ3) is 4.19. The molecule has 0 bridgehead atoms. The lowest BCUT2D eigenvalue weighted by molar-refractivity contribution is -0.119. The molecule has 0 saturated carbocycles. The first-order chi connectivity index (χ1) is 11.1. The fraction of sp³-hybridized carbons (Fsp3) is 0.312. The molecule has 7 heteroatoms. The minimum absolute atomic E-state index is 0.0208. The molecule has 0 spiro atoms. The summed E-state index contributed by atoms with van der Waals surface area (Å²) in [6.45, 7) is 0. The summed E-state index contributed by atoms with van der Waals surface area (Å²) in [7, 11) is 0. The Morgan fingerprint density at radius 1 is 1.39 bits per heavy atom. The molecular weight excluding hydrogens is 317 g/mol. The summed E-state index contributed by atoms with van der Waals surface area (Å²) in [6.07, 6.45) is 2.17. The van der Waals surface area contributed by atoms with Crippen LogP contribution in [0.5, 0.6) is 0 Å². The van der Waals surface area contributed by atoms with Crippen molar-refractivity contribution in [3.63, 3.8) is 0 Å². The lowest BCUT2D eigenvalue weighted by Gasteiger charge is -2.24. The number of aromatic amines is 1. The molecule has 120 valence electrons. The Morgan fingerprint density at radius 2 is 2.17 bits per heavy atom. The van der Waals surface area contributed by atoms with Crippen molar-refractivity contribution in [2.45, 2.75) is 30.2 Å². The van der Waals surface area contributed by atoms with Gasteiger partial charge in [0, 0.05) is 17.0 Å². The van der Waals surface area contributed by atoms with Crippen molar-refractivity contribution in [2.75, 3.05) is 5.75 Å². The van der Waals surface area contributed by atoms with E-state index in [-0.39, 0.29) is 29.1 Å². The average molecular weight is 333 g/mol. The van der Waals surface area contributed by atoms with Crippen LogP contribution in [0.1, 0.15) is 17.7 Å². The molecule has 1 amide bonds. The summed E-state index contributed by atoms with van der Waals surface area (Å²) < 4.78 is 12.8. The molecule has 1 aromatic carbocycles. The Hall–Kier alpha value is -2.15. The Kier molecular flexibility index (Phi) is 4.76. The lowest BCUT2D eigenvalue weighted by Crippen LogP contribution is -2.40. The summed E-state index contributed by atoms with van der Waals surface area (Å²) in [5.41, 5.74) is 1.58. The zero-order valence-corrected chi connectivity index (χ0v) is 13.2. The molecule has 0 aliphatic heterocycles. The Labute approximate surface area is 136 Å². The fourth-order valence-electron chi connectivity index (χ4n) is 2.61. The minimum atomic E-state index is -0.289. The predicted octanol–water partition coefficient (Wildman–Crippen LogP) is 1.67. The summed E-state index contributed by atoms with van der Waals surface area (Å²) >= 11 is 1.37. The van der Waals surface area contributed by atoms with Crippen molar-refractivity contribution in [1.82, 2.24) is 15.5 Å². The van der Waals surface area contributed by atoms with E-state index in [9.17, 15) is 14.0 Å². The monoisotopic (exact) mass is 333 g/mol. The van der Waals surface area contributed by atoms with Gasteiger partial charge in [-0.15, -0.1) is 11.8 Å². The number of thioether (sulfide) groups is 1. The average Bonchev–Trinajstić information content (AvgIpc) is 2.54. The van der Waals surface area contributed by atoms with Crippen LogP contribution in [0.25, 0.3) is 0 Å². The number of carbonyl (C=O) groups is 1. The molecule has 1 atom stereocenters. The first-order valence-electron chi connectivity index (χ1n) is 7.35. The van der Waals surface area contributed by atoms with E-state index in [0.717, 1.165) is 29.0 Å². The third-order valence-electron chi connectivity index (χ3n) is 3.72. The predicted molar refractivity (Wildman–Crippen MR) is 85.9 cm³/mol. The van der Waals surface area contributed by atoms with Crippen LogP contribution < -0.4 is 10.9 Å². The number of carbonyl (C=O) groups excluding carboxylic acids is 1. The molecule has 2 aromatic rings. The van der Waals surface area contributed by atoms with Gasteiger partial charge in [0.05, 0.1) is 11.4 Å². The van der Waals surface area contributed by atoms with E-state index in [2.05, 4.69) is 15.5 Å². The zero-order valence-electron chi connectivity index (χ0n) is 12.3. The van der Waals surface area contributed by atoms with Gasteiger partial charge < -0.3 is 5.32 Å². The smallest absolute Gasteiger partial charge is 0.264 e. The SMILES string of the molecule is O=C(CSc1ccc(F)cc1)NC1CCc2n[nH]c(=O)cc2C1. The molecule has 0 fully saturated rings. The van der Waals surface area contributed by atoms with Crippen molar-refractivity contribution in [3.8, 4) is 0 Å². The number of amides is 1. The van der Waals surface area contributed by atoms with Gasteiger partial charge in [-0.1, -0.05) is 0 Å². The molecule has 1 aliphatic rings. The van der Waals surface area contributed by atoms with Crippen LogP contribution in [0, 0.1) is 5.82 Å². The molecule has 1 aliphatic carbocycles. The Morgan fingerprint density at radius 3 is 2.96 bits per heavy atom. The van der Waals surface area contributed by atoms with Crippen LogP contribution >= 0.6 is 11.8 Å². The van der Waals surface area contributed by atoms with Gasteiger partial charge in [0.2, 0.25) is 5.91 Å². The van der Waals surface area contributed by atoms with E-state index in [1.807, 2.05) is 0 Å². The summed E-state index contributed by atoms with van der Waals surface area (Å²) in [5.74, 6) is -0.0726. The number of H-pyrrole nitrogens is 1. The van der Waals surface area contributed by atoms with E-state index < -0.39 is 0 Å². The molecule has 1 aromatic heterocycles. The molecular formula is C16H16FN3O2S. The summed E-state index contributed by atoms with van der Waals surface area (Å²) in [6, 6.07) is 7.64. The normalized spacial score (nSPS) is 16.7. The number of aryl methyl sites for hydroxylation is 1. The van der Waals surface area contributed by atoms with Gasteiger partial charge in [-0.2, -0.15) is 5.10 Å². The number of aromatic nitrogens is 2. The Balaban J connectivity index is 1.52. The molecule has 0 radical (unpaired) electrons. The van der Waals surface area contributed by atoms with Gasteiger partial charge in [-0.25, -0.2) is 9.49 Å². The first-order valence-corrected chi connectivity index (χ1v) is 8.34. The number of rotatable bonds is 4. The molecule has 5 nitrogen and oxygen atoms in total. The number of fused-ring (bicyclic) bond motifs is 1. The maximum Gasteiger partial charge on any atom is 0.264 e. The molecule has 1 unspecified atom stereocenters. The quantitative estimate of drug-likeness (QED) is 0.835. The number of hydrogen-bond donors (Lipinski definition) is 2. The highest BCUT2D eigenvalue weighted by Gasteiger charge is 2.21. The zero-order chi connectivity index (χ0) is 16.2. The standard InChI is InChI=1S/C16H16FN3O2S/c17-11-1-4-13(5-2-11)23-9-16(22)18-12-3-6-14-10(7-12)8-15(21)20-19-14/h1-2,4-5,8,12H,3,6-7,9H2,(H,18,22)(H,20,21). The highest BCUT2D eigenvalue weighted by molar-refractivity contribution is 8.00. The first kappa shape index (κ1) is 15.7. The molecule has 23 heavy (non-hydrogen) atoms. The second-order valence-electron chi connectivity index (χ2n) is 5.45.